The van der Waals surface area contributed by atoms with Crippen LogP contribution in [0.4, 0.5) is 0 Å². The van der Waals surface area contributed by atoms with E-state index in [0.29, 0.717) is 6.04 Å². The molecule has 1 N–H and O–H groups in total. The minimum Gasteiger partial charge on any atom is -0.383 e. The van der Waals surface area contributed by atoms with Crippen molar-refractivity contribution in [2.45, 2.75) is 25.8 Å². The predicted molar refractivity (Wildman–Crippen MR) is 57.9 cm³/mol. The van der Waals surface area contributed by atoms with Crippen molar-refractivity contribution >= 4 is 17.3 Å². The summed E-state index contributed by atoms with van der Waals surface area (Å²) >= 11 is 5.26. The Morgan fingerprint density at radius 2 is 2.31 bits per heavy atom. The van der Waals surface area contributed by atoms with E-state index in [1.54, 1.807) is 7.11 Å². The van der Waals surface area contributed by atoms with Gasteiger partial charge in [0.25, 0.3) is 0 Å². The van der Waals surface area contributed by atoms with Gasteiger partial charge in [0.1, 0.15) is 0 Å². The highest BCUT2D eigenvalue weighted by molar-refractivity contribution is 7.80. The van der Waals surface area contributed by atoms with Crippen LogP contribution in [0.25, 0.3) is 0 Å². The third kappa shape index (κ3) is 3.48. The number of hydrogen-bond donors (Lipinski definition) is 1. The molecule has 0 atom stereocenters. The minimum absolute atomic E-state index is 0.668. The van der Waals surface area contributed by atoms with E-state index in [-0.39, 0.29) is 0 Å². The van der Waals surface area contributed by atoms with Crippen molar-refractivity contribution in [3.63, 3.8) is 0 Å². The van der Waals surface area contributed by atoms with Crippen molar-refractivity contribution < 1.29 is 4.74 Å². The van der Waals surface area contributed by atoms with Crippen LogP contribution in [0.3, 0.4) is 0 Å². The molecule has 0 saturated heterocycles. The number of ether oxygens (including phenoxy) is 1. The molecule has 0 aliphatic heterocycles. The molecule has 0 bridgehead atoms. The first-order chi connectivity index (χ1) is 6.29. The molecule has 1 fully saturated rings. The molecule has 4 heteroatoms. The smallest absolute Gasteiger partial charge is 0.169 e. The summed E-state index contributed by atoms with van der Waals surface area (Å²) in [6.07, 6.45) is 2.55. The van der Waals surface area contributed by atoms with Gasteiger partial charge in [-0.3, -0.25) is 0 Å². The Bertz CT molecular complexity index is 171. The molecule has 0 amide bonds. The first kappa shape index (κ1) is 10.7. The van der Waals surface area contributed by atoms with E-state index in [2.05, 4.69) is 17.1 Å². The standard InChI is InChI=1S/C9H18N2OS/c1-3-10-9(13)11(6-7-12-2)8-4-5-8/h8H,3-7H2,1-2H3,(H,10,13). The Hall–Kier alpha value is -0.350. The molecule has 0 heterocycles. The van der Waals surface area contributed by atoms with Crippen LogP contribution in [0.15, 0.2) is 0 Å². The molecular formula is C9H18N2OS. The molecule has 0 aromatic carbocycles. The second-order valence-corrected chi connectivity index (χ2v) is 3.64. The maximum absolute atomic E-state index is 5.26. The van der Waals surface area contributed by atoms with Crippen LogP contribution in [0.2, 0.25) is 0 Å². The van der Waals surface area contributed by atoms with E-state index in [9.17, 15) is 0 Å². The second kappa shape index (κ2) is 5.40. The largest absolute Gasteiger partial charge is 0.383 e. The van der Waals surface area contributed by atoms with E-state index in [4.69, 9.17) is 17.0 Å². The highest BCUT2D eigenvalue weighted by Crippen LogP contribution is 2.26. The number of nitrogens with zero attached hydrogens (tertiary/aromatic N) is 1. The van der Waals surface area contributed by atoms with Crippen molar-refractivity contribution in [2.24, 2.45) is 0 Å². The van der Waals surface area contributed by atoms with Gasteiger partial charge >= 0.3 is 0 Å². The van der Waals surface area contributed by atoms with E-state index < -0.39 is 0 Å². The van der Waals surface area contributed by atoms with Crippen molar-refractivity contribution in [3.05, 3.63) is 0 Å². The predicted octanol–water partition coefficient (Wildman–Crippen LogP) is 0.992. The SMILES string of the molecule is CCNC(=S)N(CCOC)C1CC1. The van der Waals surface area contributed by atoms with E-state index in [1.807, 2.05) is 0 Å². The zero-order valence-corrected chi connectivity index (χ0v) is 9.19. The lowest BCUT2D eigenvalue weighted by molar-refractivity contribution is 0.173. The van der Waals surface area contributed by atoms with Crippen LogP contribution >= 0.6 is 12.2 Å². The average Bonchev–Trinajstić information content (AvgIpc) is 2.89. The van der Waals surface area contributed by atoms with E-state index in [0.717, 1.165) is 24.8 Å². The molecule has 13 heavy (non-hydrogen) atoms. The summed E-state index contributed by atoms with van der Waals surface area (Å²) in [7, 11) is 1.72. The zero-order chi connectivity index (χ0) is 9.68. The lowest BCUT2D eigenvalue weighted by Gasteiger charge is -2.24. The fraction of sp³-hybridized carbons (Fsp3) is 0.889. The molecule has 1 rings (SSSR count). The second-order valence-electron chi connectivity index (χ2n) is 3.25. The van der Waals surface area contributed by atoms with Crippen molar-refractivity contribution in [3.8, 4) is 0 Å². The number of rotatable bonds is 5. The molecule has 0 spiro atoms. The number of hydrogen-bond acceptors (Lipinski definition) is 2. The molecule has 0 aromatic heterocycles. The summed E-state index contributed by atoms with van der Waals surface area (Å²) in [6.45, 7) is 4.62. The zero-order valence-electron chi connectivity index (χ0n) is 8.38. The van der Waals surface area contributed by atoms with Gasteiger partial charge in [0.05, 0.1) is 6.61 Å². The quantitative estimate of drug-likeness (QED) is 0.672. The Balaban J connectivity index is 2.32. The highest BCUT2D eigenvalue weighted by Gasteiger charge is 2.30. The molecule has 76 valence electrons. The summed E-state index contributed by atoms with van der Waals surface area (Å²) < 4.78 is 5.05. The third-order valence-electron chi connectivity index (χ3n) is 2.11. The molecular weight excluding hydrogens is 184 g/mol. The highest BCUT2D eigenvalue weighted by atomic mass is 32.1. The van der Waals surface area contributed by atoms with Gasteiger partial charge in [0, 0.05) is 26.2 Å². The molecule has 3 nitrogen and oxygen atoms in total. The monoisotopic (exact) mass is 202 g/mol. The van der Waals surface area contributed by atoms with Crippen LogP contribution in [0.1, 0.15) is 19.8 Å². The lowest BCUT2D eigenvalue weighted by atomic mass is 10.5. The molecule has 1 aliphatic carbocycles. The molecule has 0 radical (unpaired) electrons. The maximum atomic E-state index is 5.26. The van der Waals surface area contributed by atoms with Crippen molar-refractivity contribution in [1.82, 2.24) is 10.2 Å². The van der Waals surface area contributed by atoms with Crippen LogP contribution < -0.4 is 5.32 Å². The number of thiocarbonyl (C=S) groups is 1. The van der Waals surface area contributed by atoms with Gasteiger partial charge < -0.3 is 15.0 Å². The maximum Gasteiger partial charge on any atom is 0.169 e. The minimum atomic E-state index is 0.668. The van der Waals surface area contributed by atoms with Crippen molar-refractivity contribution in [1.29, 1.82) is 0 Å². The average molecular weight is 202 g/mol. The van der Waals surface area contributed by atoms with Gasteiger partial charge in [-0.15, -0.1) is 0 Å². The van der Waals surface area contributed by atoms with Gasteiger partial charge in [-0.2, -0.15) is 0 Å². The Kier molecular flexibility index (Phi) is 4.45. The Labute approximate surface area is 85.4 Å². The van der Waals surface area contributed by atoms with E-state index in [1.165, 1.54) is 12.8 Å². The summed E-state index contributed by atoms with van der Waals surface area (Å²) in [5, 5.41) is 4.05. The fourth-order valence-corrected chi connectivity index (χ4v) is 1.66. The van der Waals surface area contributed by atoms with Crippen LogP contribution in [-0.2, 0) is 4.74 Å². The van der Waals surface area contributed by atoms with E-state index >= 15 is 0 Å². The Morgan fingerprint density at radius 1 is 1.62 bits per heavy atom. The van der Waals surface area contributed by atoms with Gasteiger partial charge in [-0.05, 0) is 32.0 Å². The van der Waals surface area contributed by atoms with Gasteiger partial charge in [-0.1, -0.05) is 0 Å². The molecule has 0 unspecified atom stereocenters. The summed E-state index contributed by atoms with van der Waals surface area (Å²) in [4.78, 5) is 2.24. The number of nitrogens with one attached hydrogen (secondary N) is 1. The molecule has 1 aliphatic rings. The van der Waals surface area contributed by atoms with Crippen LogP contribution in [-0.4, -0.2) is 42.9 Å². The first-order valence-electron chi connectivity index (χ1n) is 4.83. The number of methoxy groups -OCH3 is 1. The Morgan fingerprint density at radius 3 is 2.77 bits per heavy atom. The summed E-state index contributed by atoms with van der Waals surface area (Å²) in [5.41, 5.74) is 0. The third-order valence-corrected chi connectivity index (χ3v) is 2.49. The lowest BCUT2D eigenvalue weighted by Crippen LogP contribution is -2.42. The fourth-order valence-electron chi connectivity index (χ4n) is 1.28. The first-order valence-corrected chi connectivity index (χ1v) is 5.23. The topological polar surface area (TPSA) is 24.5 Å². The molecule has 1 saturated carbocycles. The van der Waals surface area contributed by atoms with Gasteiger partial charge in [-0.25, -0.2) is 0 Å². The van der Waals surface area contributed by atoms with Crippen molar-refractivity contribution in [2.75, 3.05) is 26.8 Å². The summed E-state index contributed by atoms with van der Waals surface area (Å²) in [6, 6.07) is 0.668. The summed E-state index contributed by atoms with van der Waals surface area (Å²) in [5.74, 6) is 0. The van der Waals surface area contributed by atoms with Crippen LogP contribution in [0, 0.1) is 0 Å². The molecule has 0 aromatic rings. The van der Waals surface area contributed by atoms with Crippen LogP contribution in [0.5, 0.6) is 0 Å². The normalized spacial score (nSPS) is 15.5. The van der Waals surface area contributed by atoms with Gasteiger partial charge in [0.2, 0.25) is 0 Å². The van der Waals surface area contributed by atoms with Gasteiger partial charge in [0.15, 0.2) is 5.11 Å².